The number of carbonyl (C=O) groups is 2. The number of carbonyl (C=O) groups excluding carboxylic acids is 1. The summed E-state index contributed by atoms with van der Waals surface area (Å²) in [4.78, 5) is 29.3. The Balaban J connectivity index is 2.40. The second kappa shape index (κ2) is 5.95. The Labute approximate surface area is 123 Å². The first-order valence-corrected chi connectivity index (χ1v) is 6.91. The lowest BCUT2D eigenvalue weighted by molar-refractivity contribution is -0.137. The molecule has 0 atom stereocenters. The van der Waals surface area contributed by atoms with Gasteiger partial charge in [0, 0.05) is 19.3 Å². The third-order valence-corrected chi connectivity index (χ3v) is 3.49. The summed E-state index contributed by atoms with van der Waals surface area (Å²) >= 11 is 0. The van der Waals surface area contributed by atoms with Gasteiger partial charge >= 0.3 is 5.97 Å². The van der Waals surface area contributed by atoms with Gasteiger partial charge in [-0.15, -0.1) is 0 Å². The molecule has 6 nitrogen and oxygen atoms in total. The van der Waals surface area contributed by atoms with Gasteiger partial charge in [0.1, 0.15) is 11.3 Å². The van der Waals surface area contributed by atoms with E-state index in [2.05, 4.69) is 4.98 Å². The fourth-order valence-corrected chi connectivity index (χ4v) is 2.36. The van der Waals surface area contributed by atoms with Crippen LogP contribution >= 0.6 is 0 Å². The summed E-state index contributed by atoms with van der Waals surface area (Å²) in [7, 11) is 0. The van der Waals surface area contributed by atoms with Crippen LogP contribution in [0.2, 0.25) is 0 Å². The highest BCUT2D eigenvalue weighted by Gasteiger charge is 2.22. The Bertz CT molecular complexity index is 691. The largest absolute Gasteiger partial charge is 0.481 e. The molecule has 0 aliphatic rings. The van der Waals surface area contributed by atoms with Crippen LogP contribution in [0.4, 0.5) is 0 Å². The van der Waals surface area contributed by atoms with Crippen LogP contribution < -0.4 is 0 Å². The predicted molar refractivity (Wildman–Crippen MR) is 78.5 cm³/mol. The number of fused-ring (bicyclic) bond motifs is 1. The molecule has 1 N–H and O–H groups in total. The third kappa shape index (κ3) is 2.89. The number of imidazole rings is 1. The first-order valence-electron chi connectivity index (χ1n) is 6.91. The first kappa shape index (κ1) is 15.0. The van der Waals surface area contributed by atoms with Crippen LogP contribution in [0.25, 0.3) is 5.65 Å². The van der Waals surface area contributed by atoms with Gasteiger partial charge in [-0.1, -0.05) is 6.07 Å². The molecule has 0 aliphatic heterocycles. The van der Waals surface area contributed by atoms with Crippen molar-refractivity contribution in [1.29, 1.82) is 0 Å². The van der Waals surface area contributed by atoms with Crippen molar-refractivity contribution in [1.82, 2.24) is 14.3 Å². The van der Waals surface area contributed by atoms with Crippen molar-refractivity contribution < 1.29 is 14.7 Å². The molecule has 2 aromatic heterocycles. The topological polar surface area (TPSA) is 74.9 Å². The highest BCUT2D eigenvalue weighted by atomic mass is 16.4. The van der Waals surface area contributed by atoms with E-state index in [9.17, 15) is 9.59 Å². The molecule has 0 unspecified atom stereocenters. The van der Waals surface area contributed by atoms with E-state index in [-0.39, 0.29) is 18.9 Å². The number of aromatic nitrogens is 2. The van der Waals surface area contributed by atoms with E-state index >= 15 is 0 Å². The summed E-state index contributed by atoms with van der Waals surface area (Å²) < 4.78 is 1.77. The molecule has 0 aliphatic carbocycles. The number of rotatable bonds is 5. The van der Waals surface area contributed by atoms with Crippen LogP contribution in [-0.2, 0) is 4.79 Å². The number of carboxylic acid groups (broad SMARTS) is 1. The zero-order chi connectivity index (χ0) is 15.6. The molecule has 1 amide bonds. The minimum Gasteiger partial charge on any atom is -0.481 e. The van der Waals surface area contributed by atoms with Gasteiger partial charge in [0.05, 0.1) is 12.1 Å². The van der Waals surface area contributed by atoms with Crippen molar-refractivity contribution in [3.63, 3.8) is 0 Å². The van der Waals surface area contributed by atoms with Gasteiger partial charge in [-0.3, -0.25) is 14.0 Å². The van der Waals surface area contributed by atoms with E-state index in [0.29, 0.717) is 17.9 Å². The number of pyridine rings is 1. The van der Waals surface area contributed by atoms with Crippen LogP contribution in [0.3, 0.4) is 0 Å². The lowest BCUT2D eigenvalue weighted by Crippen LogP contribution is -2.34. The quantitative estimate of drug-likeness (QED) is 0.912. The summed E-state index contributed by atoms with van der Waals surface area (Å²) in [6, 6.07) is 3.81. The van der Waals surface area contributed by atoms with Crippen molar-refractivity contribution in [2.45, 2.75) is 27.2 Å². The number of aryl methyl sites for hydroxylation is 2. The van der Waals surface area contributed by atoms with Crippen LogP contribution in [-0.4, -0.2) is 44.4 Å². The standard InChI is InChI=1S/C15H19N3O3/c1-4-17(9-7-12(19)20)15(21)13-11(3)16-14-10(2)6-5-8-18(13)14/h5-6,8H,4,7,9H2,1-3H3,(H,19,20). The average Bonchev–Trinajstić information content (AvgIpc) is 2.76. The number of nitrogens with zero attached hydrogens (tertiary/aromatic N) is 3. The summed E-state index contributed by atoms with van der Waals surface area (Å²) in [6.45, 7) is 6.24. The van der Waals surface area contributed by atoms with Gasteiger partial charge in [-0.05, 0) is 32.4 Å². The number of amides is 1. The van der Waals surface area contributed by atoms with Crippen LogP contribution in [0, 0.1) is 13.8 Å². The molecule has 21 heavy (non-hydrogen) atoms. The Kier molecular flexibility index (Phi) is 4.26. The normalized spacial score (nSPS) is 10.8. The summed E-state index contributed by atoms with van der Waals surface area (Å²) in [6.07, 6.45) is 1.75. The van der Waals surface area contributed by atoms with Gasteiger partial charge in [0.2, 0.25) is 0 Å². The molecule has 2 heterocycles. The maximum absolute atomic E-state index is 12.7. The molecule has 6 heteroatoms. The molecule has 0 radical (unpaired) electrons. The van der Waals surface area contributed by atoms with Gasteiger partial charge in [0.25, 0.3) is 5.91 Å². The van der Waals surface area contributed by atoms with E-state index < -0.39 is 5.97 Å². The molecule has 0 spiro atoms. The van der Waals surface area contributed by atoms with E-state index in [0.717, 1.165) is 11.2 Å². The second-order valence-electron chi connectivity index (χ2n) is 4.96. The molecule has 2 aromatic rings. The van der Waals surface area contributed by atoms with E-state index in [1.54, 1.807) is 17.5 Å². The monoisotopic (exact) mass is 289 g/mol. The van der Waals surface area contributed by atoms with Crippen molar-refractivity contribution in [2.75, 3.05) is 13.1 Å². The highest BCUT2D eigenvalue weighted by Crippen LogP contribution is 2.17. The summed E-state index contributed by atoms with van der Waals surface area (Å²) in [5.41, 5.74) is 2.91. The molecule has 112 valence electrons. The fourth-order valence-electron chi connectivity index (χ4n) is 2.36. The minimum absolute atomic E-state index is 0.0611. The molecule has 0 fully saturated rings. The third-order valence-electron chi connectivity index (χ3n) is 3.49. The van der Waals surface area contributed by atoms with Crippen LogP contribution in [0.15, 0.2) is 18.3 Å². The smallest absolute Gasteiger partial charge is 0.305 e. The van der Waals surface area contributed by atoms with E-state index in [4.69, 9.17) is 5.11 Å². The summed E-state index contributed by atoms with van der Waals surface area (Å²) in [5, 5.41) is 8.78. The van der Waals surface area contributed by atoms with Gasteiger partial charge in [0.15, 0.2) is 0 Å². The van der Waals surface area contributed by atoms with Crippen molar-refractivity contribution in [3.8, 4) is 0 Å². The lowest BCUT2D eigenvalue weighted by atomic mass is 10.2. The van der Waals surface area contributed by atoms with Gasteiger partial charge < -0.3 is 10.0 Å². The van der Waals surface area contributed by atoms with Gasteiger partial charge in [-0.2, -0.15) is 0 Å². The van der Waals surface area contributed by atoms with E-state index in [1.165, 1.54) is 4.90 Å². The maximum atomic E-state index is 12.7. The van der Waals surface area contributed by atoms with Crippen molar-refractivity contribution in [2.24, 2.45) is 0 Å². The number of hydrogen-bond donors (Lipinski definition) is 1. The Hall–Kier alpha value is -2.37. The van der Waals surface area contributed by atoms with Crippen LogP contribution in [0.5, 0.6) is 0 Å². The molecule has 2 rings (SSSR count). The lowest BCUT2D eigenvalue weighted by Gasteiger charge is -2.20. The highest BCUT2D eigenvalue weighted by molar-refractivity contribution is 5.95. The molecule has 0 aromatic carbocycles. The SMILES string of the molecule is CCN(CCC(=O)O)C(=O)c1c(C)nc2c(C)cccn12. The molecule has 0 saturated carbocycles. The molecule has 0 bridgehead atoms. The molecular weight excluding hydrogens is 270 g/mol. The van der Waals surface area contributed by atoms with E-state index in [1.807, 2.05) is 26.0 Å². The van der Waals surface area contributed by atoms with Crippen molar-refractivity contribution in [3.05, 3.63) is 35.3 Å². The Morgan fingerprint density at radius 1 is 1.38 bits per heavy atom. The van der Waals surface area contributed by atoms with Crippen molar-refractivity contribution >= 4 is 17.5 Å². The number of carboxylic acids is 1. The maximum Gasteiger partial charge on any atom is 0.305 e. The Morgan fingerprint density at radius 3 is 2.71 bits per heavy atom. The van der Waals surface area contributed by atoms with Gasteiger partial charge in [-0.25, -0.2) is 4.98 Å². The second-order valence-corrected chi connectivity index (χ2v) is 4.96. The predicted octanol–water partition coefficient (Wildman–Crippen LogP) is 1.89. The average molecular weight is 289 g/mol. The minimum atomic E-state index is -0.910. The molecule has 0 saturated heterocycles. The fraction of sp³-hybridized carbons (Fsp3) is 0.400. The Morgan fingerprint density at radius 2 is 2.10 bits per heavy atom. The summed E-state index contributed by atoms with van der Waals surface area (Å²) in [5.74, 6) is -1.10. The zero-order valence-corrected chi connectivity index (χ0v) is 12.5. The first-order chi connectivity index (χ1) is 9.95. The zero-order valence-electron chi connectivity index (χ0n) is 12.5. The number of aliphatic carboxylic acids is 1. The van der Waals surface area contributed by atoms with Crippen LogP contribution in [0.1, 0.15) is 35.1 Å². The molecular formula is C15H19N3O3. The number of hydrogen-bond acceptors (Lipinski definition) is 3.